The van der Waals surface area contributed by atoms with E-state index in [1.807, 2.05) is 12.3 Å². The first-order valence-electron chi connectivity index (χ1n) is 20.2. The minimum absolute atomic E-state index is 0.0305. The quantitative estimate of drug-likeness (QED) is 0.131. The number of benzene rings is 4. The zero-order valence-electron chi connectivity index (χ0n) is 34.5. The molecule has 1 saturated heterocycles. The molecule has 14 nitrogen and oxygen atoms in total. The van der Waals surface area contributed by atoms with Crippen LogP contribution in [0, 0.1) is 17.1 Å². The standard InChI is InChI=1S/C45H42F4N8O6S/c1-44(61,41(58)24-31-8-12-32(25-50)38(22-31)45(47,48)49)28-64(62,63)34-13-9-29(10-14-34)5-4-16-57-27-33(51-54-57)26-55-17-19-56(20-18-55)43(60)37-21-30(11-15-39(37)46)23-40-35-6-2-3-7-36(35)42(59)53-52-40/h2-3,6-15,21-22,27,61H,4-5,16-20,23-24,26,28H2,1H3,(H,53,59)/t44-/m1/s1. The molecule has 1 atom stereocenters. The second-order valence-corrected chi connectivity index (χ2v) is 17.9. The Bertz CT molecular complexity index is 2920. The number of Topliss-reactive ketones (excluding diaryl/α,β-unsaturated/α-hetero) is 1. The molecule has 0 spiro atoms. The number of amides is 1. The summed E-state index contributed by atoms with van der Waals surface area (Å²) in [7, 11) is -4.19. The predicted molar refractivity (Wildman–Crippen MR) is 225 cm³/mol. The zero-order chi connectivity index (χ0) is 45.8. The molecule has 0 unspecified atom stereocenters. The Morgan fingerprint density at radius 3 is 2.31 bits per heavy atom. The molecular formula is C45H42F4N8O6S. The number of halogens is 4. The Hall–Kier alpha value is -6.62. The second kappa shape index (κ2) is 18.6. The molecule has 0 bridgehead atoms. The molecule has 1 aliphatic heterocycles. The van der Waals surface area contributed by atoms with Gasteiger partial charge in [0.15, 0.2) is 15.6 Å². The van der Waals surface area contributed by atoms with Crippen LogP contribution in [-0.4, -0.2) is 97.7 Å². The number of aliphatic hydroxyl groups is 1. The van der Waals surface area contributed by atoms with E-state index in [0.29, 0.717) is 86.6 Å². The van der Waals surface area contributed by atoms with Gasteiger partial charge in [-0.05, 0) is 78.9 Å². The molecule has 2 aromatic heterocycles. The lowest BCUT2D eigenvalue weighted by molar-refractivity contribution is -0.138. The highest BCUT2D eigenvalue weighted by Gasteiger charge is 2.38. The molecule has 0 aliphatic carbocycles. The molecule has 1 amide bonds. The van der Waals surface area contributed by atoms with Crippen LogP contribution < -0.4 is 5.56 Å². The van der Waals surface area contributed by atoms with Gasteiger partial charge in [0.2, 0.25) is 0 Å². The van der Waals surface area contributed by atoms with Gasteiger partial charge < -0.3 is 10.0 Å². The highest BCUT2D eigenvalue weighted by Crippen LogP contribution is 2.33. The van der Waals surface area contributed by atoms with Crippen molar-refractivity contribution in [3.63, 3.8) is 0 Å². The third kappa shape index (κ3) is 10.6. The van der Waals surface area contributed by atoms with Crippen molar-refractivity contribution in [2.45, 2.75) is 62.4 Å². The lowest BCUT2D eigenvalue weighted by Gasteiger charge is -2.34. The van der Waals surface area contributed by atoms with Gasteiger partial charge in [-0.3, -0.25) is 24.0 Å². The van der Waals surface area contributed by atoms with Crippen molar-refractivity contribution in [1.29, 1.82) is 5.26 Å². The first-order valence-corrected chi connectivity index (χ1v) is 21.9. The van der Waals surface area contributed by atoms with Gasteiger partial charge in [0.1, 0.15) is 11.4 Å². The van der Waals surface area contributed by atoms with E-state index in [1.165, 1.54) is 30.3 Å². The van der Waals surface area contributed by atoms with Crippen molar-refractivity contribution in [2.24, 2.45) is 0 Å². The van der Waals surface area contributed by atoms with Gasteiger partial charge in [0, 0.05) is 63.7 Å². The number of aryl methyl sites for hydroxylation is 2. The number of fused-ring (bicyclic) bond motifs is 1. The van der Waals surface area contributed by atoms with Crippen LogP contribution in [0.3, 0.4) is 0 Å². The summed E-state index contributed by atoms with van der Waals surface area (Å²) in [6.45, 7) is 3.86. The third-order valence-electron chi connectivity index (χ3n) is 11.1. The zero-order valence-corrected chi connectivity index (χ0v) is 35.3. The van der Waals surface area contributed by atoms with Gasteiger partial charge in [-0.1, -0.05) is 47.7 Å². The summed E-state index contributed by atoms with van der Waals surface area (Å²) < 4.78 is 83.2. The minimum Gasteiger partial charge on any atom is -0.381 e. The molecular weight excluding hydrogens is 857 g/mol. The Morgan fingerprint density at radius 1 is 0.922 bits per heavy atom. The number of nitrogens with zero attached hydrogens (tertiary/aromatic N) is 7. The first kappa shape index (κ1) is 45.4. The average molecular weight is 899 g/mol. The van der Waals surface area contributed by atoms with Crippen molar-refractivity contribution < 1.29 is 40.7 Å². The number of nitriles is 1. The van der Waals surface area contributed by atoms with Crippen LogP contribution in [0.15, 0.2) is 101 Å². The Morgan fingerprint density at radius 2 is 1.61 bits per heavy atom. The van der Waals surface area contributed by atoms with Crippen LogP contribution in [0.5, 0.6) is 0 Å². The van der Waals surface area contributed by atoms with Gasteiger partial charge in [-0.15, -0.1) is 5.10 Å². The number of nitrogens with one attached hydrogen (secondary N) is 1. The number of carbonyl (C=O) groups excluding carboxylic acids is 2. The summed E-state index contributed by atoms with van der Waals surface area (Å²) in [6.07, 6.45) is -2.20. The normalized spacial score (nSPS) is 14.6. The summed E-state index contributed by atoms with van der Waals surface area (Å²) in [4.78, 5) is 42.2. The molecule has 1 fully saturated rings. The van der Waals surface area contributed by atoms with Crippen molar-refractivity contribution in [1.82, 2.24) is 35.0 Å². The van der Waals surface area contributed by atoms with E-state index in [9.17, 15) is 45.5 Å². The average Bonchev–Trinajstić information content (AvgIpc) is 3.71. The number of ketones is 1. The summed E-state index contributed by atoms with van der Waals surface area (Å²) in [5.41, 5.74) is -1.89. The smallest absolute Gasteiger partial charge is 0.381 e. The molecule has 3 heterocycles. The van der Waals surface area contributed by atoms with Crippen molar-refractivity contribution in [3.8, 4) is 6.07 Å². The number of H-pyrrole nitrogens is 1. The van der Waals surface area contributed by atoms with Gasteiger partial charge >= 0.3 is 6.18 Å². The van der Waals surface area contributed by atoms with Crippen molar-refractivity contribution in [2.75, 3.05) is 31.9 Å². The number of rotatable bonds is 15. The molecule has 2 N–H and O–H groups in total. The predicted octanol–water partition coefficient (Wildman–Crippen LogP) is 5.06. The van der Waals surface area contributed by atoms with E-state index < -0.39 is 62.4 Å². The monoisotopic (exact) mass is 898 g/mol. The summed E-state index contributed by atoms with van der Waals surface area (Å²) in [6, 6.07) is 21.6. The molecule has 0 radical (unpaired) electrons. The van der Waals surface area contributed by atoms with E-state index in [2.05, 4.69) is 25.4 Å². The fraction of sp³-hybridized carbons (Fsp3) is 0.311. The van der Waals surface area contributed by atoms with Gasteiger partial charge in [0.05, 0.1) is 50.2 Å². The molecule has 4 aromatic carbocycles. The fourth-order valence-electron chi connectivity index (χ4n) is 7.63. The summed E-state index contributed by atoms with van der Waals surface area (Å²) in [5.74, 6) is -3.02. The van der Waals surface area contributed by atoms with Gasteiger partial charge in [-0.2, -0.15) is 23.5 Å². The molecule has 7 rings (SSSR count). The molecule has 19 heteroatoms. The number of hydrogen-bond acceptors (Lipinski definition) is 11. The van der Waals surface area contributed by atoms with Gasteiger partial charge in [-0.25, -0.2) is 17.9 Å². The number of piperazine rings is 1. The number of aromatic nitrogens is 5. The third-order valence-corrected chi connectivity index (χ3v) is 13.1. The highest BCUT2D eigenvalue weighted by molar-refractivity contribution is 7.91. The van der Waals surface area contributed by atoms with E-state index in [0.717, 1.165) is 30.3 Å². The molecule has 64 heavy (non-hydrogen) atoms. The van der Waals surface area contributed by atoms with E-state index in [-0.39, 0.29) is 21.6 Å². The van der Waals surface area contributed by atoms with E-state index >= 15 is 0 Å². The molecule has 1 aliphatic rings. The second-order valence-electron chi connectivity index (χ2n) is 15.9. The number of hydrogen-bond donors (Lipinski definition) is 2. The number of carbonyl (C=O) groups is 2. The van der Waals surface area contributed by atoms with Crippen LogP contribution >= 0.6 is 0 Å². The number of sulfone groups is 1. The topological polar surface area (TPSA) is 195 Å². The molecule has 0 saturated carbocycles. The Labute approximate surface area is 364 Å². The van der Waals surface area contributed by atoms with Crippen molar-refractivity contribution in [3.05, 3.63) is 152 Å². The lowest BCUT2D eigenvalue weighted by atomic mass is 9.94. The van der Waals surface area contributed by atoms with Crippen LogP contribution in [0.2, 0.25) is 0 Å². The molecule has 6 aromatic rings. The van der Waals surface area contributed by atoms with Crippen LogP contribution in [0.25, 0.3) is 10.8 Å². The van der Waals surface area contributed by atoms with Crippen LogP contribution in [0.1, 0.15) is 62.9 Å². The number of alkyl halides is 3. The lowest BCUT2D eigenvalue weighted by Crippen LogP contribution is -2.48. The molecule has 332 valence electrons. The maximum atomic E-state index is 15.0. The first-order chi connectivity index (χ1) is 30.4. The van der Waals surface area contributed by atoms with Crippen molar-refractivity contribution >= 4 is 32.3 Å². The fourth-order valence-corrected chi connectivity index (χ4v) is 9.24. The largest absolute Gasteiger partial charge is 0.417 e. The van der Waals surface area contributed by atoms with E-state index in [4.69, 9.17) is 5.26 Å². The summed E-state index contributed by atoms with van der Waals surface area (Å²) >= 11 is 0. The SMILES string of the molecule is C[C@@](O)(CS(=O)(=O)c1ccc(CCCn2cc(CN3CCN(C(=O)c4cc(Cc5n[nH]c(=O)c6ccccc56)ccc4F)CC3)nn2)cc1)C(=O)Cc1ccc(C#N)c(C(F)(F)F)c1. The van der Waals surface area contributed by atoms with Crippen LogP contribution in [-0.2, 0) is 53.2 Å². The van der Waals surface area contributed by atoms with Gasteiger partial charge in [0.25, 0.3) is 11.5 Å². The Kier molecular flexibility index (Phi) is 13.2. The maximum absolute atomic E-state index is 15.0. The summed E-state index contributed by atoms with van der Waals surface area (Å²) in [5, 5.41) is 36.3. The number of aromatic amines is 1. The highest BCUT2D eigenvalue weighted by atomic mass is 32.2. The van der Waals surface area contributed by atoms with E-state index in [1.54, 1.807) is 46.0 Å². The Balaban J connectivity index is 0.861. The minimum atomic E-state index is -4.85. The van der Waals surface area contributed by atoms with Crippen LogP contribution in [0.4, 0.5) is 17.6 Å². The maximum Gasteiger partial charge on any atom is 0.417 e.